The lowest BCUT2D eigenvalue weighted by Gasteiger charge is -2.31. The van der Waals surface area contributed by atoms with E-state index in [9.17, 15) is 13.5 Å². The van der Waals surface area contributed by atoms with Gasteiger partial charge in [-0.3, -0.25) is 0 Å². The second-order valence-corrected chi connectivity index (χ2v) is 17.5. The van der Waals surface area contributed by atoms with E-state index in [2.05, 4.69) is 112 Å². The maximum Gasteiger partial charge on any atom is 0.205 e. The van der Waals surface area contributed by atoms with E-state index in [0.717, 1.165) is 80.1 Å². The summed E-state index contributed by atoms with van der Waals surface area (Å²) in [7, 11) is -3.99. The Hall–Kier alpha value is -2.95. The Kier molecular flexibility index (Phi) is 21.3. The Labute approximate surface area is 314 Å². The molecule has 0 fully saturated rings. The van der Waals surface area contributed by atoms with Crippen molar-refractivity contribution in [3.63, 3.8) is 0 Å². The molecule has 3 nitrogen and oxygen atoms in total. The Morgan fingerprint density at radius 2 is 0.863 bits per heavy atom. The number of hydrogen-bond donors (Lipinski definition) is 1. The third-order valence-corrected chi connectivity index (χ3v) is 11.5. The number of rotatable bonds is 22. The number of allylic oxidation sites excluding steroid dienone is 13. The highest BCUT2D eigenvalue weighted by molar-refractivity contribution is 7.95. The summed E-state index contributed by atoms with van der Waals surface area (Å²) in [5.74, 6) is 0. The van der Waals surface area contributed by atoms with Crippen LogP contribution in [0.15, 0.2) is 121 Å². The average Bonchev–Trinajstić information content (AvgIpc) is 3.02. The highest BCUT2D eigenvalue weighted by Gasteiger charge is 2.40. The molecule has 0 amide bonds. The second kappa shape index (κ2) is 23.6. The Morgan fingerprint density at radius 1 is 0.529 bits per heavy atom. The summed E-state index contributed by atoms with van der Waals surface area (Å²) in [6, 6.07) is 7.02. The first-order valence-electron chi connectivity index (χ1n) is 19.1. The zero-order chi connectivity index (χ0) is 38.6. The van der Waals surface area contributed by atoms with Gasteiger partial charge in [0.05, 0.1) is 9.80 Å². The van der Waals surface area contributed by atoms with Gasteiger partial charge in [0.1, 0.15) is 5.60 Å². The Bertz CT molecular complexity index is 1530. The van der Waals surface area contributed by atoms with Gasteiger partial charge in [-0.15, -0.1) is 0 Å². The minimum atomic E-state index is -3.99. The highest BCUT2D eigenvalue weighted by Crippen LogP contribution is 2.39. The van der Waals surface area contributed by atoms with Crippen LogP contribution in [0.4, 0.5) is 0 Å². The van der Waals surface area contributed by atoms with Crippen molar-refractivity contribution in [1.82, 2.24) is 0 Å². The summed E-state index contributed by atoms with van der Waals surface area (Å²) in [4.78, 5) is 0.381. The van der Waals surface area contributed by atoms with Crippen LogP contribution in [0.5, 0.6) is 0 Å². The highest BCUT2D eigenvalue weighted by atomic mass is 32.2. The fourth-order valence-electron chi connectivity index (χ4n) is 6.04. The maximum absolute atomic E-state index is 14.6. The molecule has 0 aliphatic heterocycles. The lowest BCUT2D eigenvalue weighted by atomic mass is 9.89. The van der Waals surface area contributed by atoms with Crippen molar-refractivity contribution in [1.29, 1.82) is 0 Å². The molecule has 4 heteroatoms. The SMILES string of the molecule is CC(C)=CCCC(C)=CCCC(C)=CCC(O)(CC=C(C)CCC=C(C)CCC=C(C)C)/C(=C(\C)CCC=C(C)C)S(=O)(=O)c1ccc(C)cc1. The van der Waals surface area contributed by atoms with Gasteiger partial charge >= 0.3 is 0 Å². The van der Waals surface area contributed by atoms with Gasteiger partial charge in [0.25, 0.3) is 0 Å². The maximum atomic E-state index is 14.6. The summed E-state index contributed by atoms with van der Waals surface area (Å²) >= 11 is 0. The van der Waals surface area contributed by atoms with E-state index in [-0.39, 0.29) is 22.6 Å². The van der Waals surface area contributed by atoms with Crippen molar-refractivity contribution in [2.24, 2.45) is 0 Å². The molecule has 0 spiro atoms. The van der Waals surface area contributed by atoms with Crippen LogP contribution < -0.4 is 0 Å². The van der Waals surface area contributed by atoms with E-state index in [1.54, 1.807) is 12.1 Å². The van der Waals surface area contributed by atoms with Crippen molar-refractivity contribution in [3.05, 3.63) is 122 Å². The van der Waals surface area contributed by atoms with E-state index in [1.807, 2.05) is 26.0 Å². The molecule has 0 unspecified atom stereocenters. The van der Waals surface area contributed by atoms with Crippen LogP contribution in [0, 0.1) is 6.92 Å². The lowest BCUT2D eigenvalue weighted by Crippen LogP contribution is -2.35. The molecule has 0 aliphatic rings. The van der Waals surface area contributed by atoms with Gasteiger partial charge in [-0.2, -0.15) is 0 Å². The molecule has 0 aromatic heterocycles. The Balaban J connectivity index is 3.54. The van der Waals surface area contributed by atoms with Gasteiger partial charge in [-0.25, -0.2) is 8.42 Å². The van der Waals surface area contributed by atoms with Gasteiger partial charge in [-0.05, 0) is 172 Å². The molecule has 51 heavy (non-hydrogen) atoms. The molecule has 0 atom stereocenters. The number of hydrogen-bond acceptors (Lipinski definition) is 3. The quantitative estimate of drug-likeness (QED) is 0.122. The molecule has 1 rings (SSSR count). The van der Waals surface area contributed by atoms with Gasteiger partial charge in [0.15, 0.2) is 0 Å². The standard InChI is InChI=1S/C47H72O3S/c1-36(2)18-13-21-39(7)23-16-25-41(9)32-34-47(48,35-33-42(10)26-17-24-40(8)22-14-19-37(3)4)46(44(12)27-15-20-38(5)6)51(49,50)45-30-28-43(11)29-31-45/h18-20,23-24,28-33,48H,13-17,21-22,25-27,34-35H2,1-12H3/b39-23?,40-24?,41-32?,42-33?,46-44-. The molecular formula is C47H72O3S. The number of aryl methyl sites for hydroxylation is 1. The van der Waals surface area contributed by atoms with Crippen LogP contribution >= 0.6 is 0 Å². The summed E-state index contributed by atoms with van der Waals surface area (Å²) in [5.41, 5.74) is 9.11. The summed E-state index contributed by atoms with van der Waals surface area (Å²) in [6.45, 7) is 25.1. The third-order valence-electron chi connectivity index (χ3n) is 9.30. The van der Waals surface area contributed by atoms with Crippen LogP contribution in [-0.4, -0.2) is 19.1 Å². The molecular weight excluding hydrogens is 645 g/mol. The summed E-state index contributed by atoms with van der Waals surface area (Å²) < 4.78 is 29.1. The van der Waals surface area contributed by atoms with Crippen LogP contribution in [0.3, 0.4) is 0 Å². The van der Waals surface area contributed by atoms with Crippen LogP contribution in [-0.2, 0) is 9.84 Å². The predicted molar refractivity (Wildman–Crippen MR) is 225 cm³/mol. The molecule has 0 heterocycles. The van der Waals surface area contributed by atoms with Crippen LogP contribution in [0.1, 0.15) is 159 Å². The van der Waals surface area contributed by atoms with Gasteiger partial charge < -0.3 is 5.11 Å². The van der Waals surface area contributed by atoms with E-state index in [4.69, 9.17) is 0 Å². The fourth-order valence-corrected chi connectivity index (χ4v) is 7.99. The molecule has 1 N–H and O–H groups in total. The molecule has 0 radical (unpaired) electrons. The molecule has 1 aromatic rings. The second-order valence-electron chi connectivity index (χ2n) is 15.6. The normalized spacial score (nSPS) is 14.8. The van der Waals surface area contributed by atoms with Crippen LogP contribution in [0.25, 0.3) is 0 Å². The zero-order valence-electron chi connectivity index (χ0n) is 34.5. The number of aliphatic hydroxyl groups is 1. The minimum absolute atomic E-state index is 0.152. The molecule has 1 aromatic carbocycles. The smallest absolute Gasteiger partial charge is 0.205 e. The van der Waals surface area contributed by atoms with E-state index in [0.29, 0.717) is 6.42 Å². The average molecular weight is 717 g/mol. The van der Waals surface area contributed by atoms with Gasteiger partial charge in [-0.1, -0.05) is 105 Å². The monoisotopic (exact) mass is 717 g/mol. The molecule has 0 aliphatic carbocycles. The molecule has 284 valence electrons. The first-order chi connectivity index (χ1) is 23.9. The lowest BCUT2D eigenvalue weighted by molar-refractivity contribution is 0.0905. The van der Waals surface area contributed by atoms with Crippen molar-refractivity contribution in [2.45, 2.75) is 171 Å². The topological polar surface area (TPSA) is 54.4 Å². The largest absolute Gasteiger partial charge is 0.384 e. The van der Waals surface area contributed by atoms with Crippen molar-refractivity contribution in [2.75, 3.05) is 0 Å². The summed E-state index contributed by atoms with van der Waals surface area (Å²) in [5, 5.41) is 12.7. The first kappa shape index (κ1) is 46.1. The predicted octanol–water partition coefficient (Wildman–Crippen LogP) is 14.1. The molecule has 0 saturated carbocycles. The summed E-state index contributed by atoms with van der Waals surface area (Å²) in [6.07, 6.45) is 25.0. The van der Waals surface area contributed by atoms with Crippen LogP contribution in [0.2, 0.25) is 0 Å². The van der Waals surface area contributed by atoms with E-state index < -0.39 is 15.4 Å². The Morgan fingerprint density at radius 3 is 1.24 bits per heavy atom. The first-order valence-corrected chi connectivity index (χ1v) is 20.6. The molecule has 0 saturated heterocycles. The number of benzene rings is 1. The van der Waals surface area contributed by atoms with E-state index in [1.165, 1.54) is 27.9 Å². The number of sulfone groups is 1. The van der Waals surface area contributed by atoms with Gasteiger partial charge in [0, 0.05) is 0 Å². The van der Waals surface area contributed by atoms with Gasteiger partial charge in [0.2, 0.25) is 9.84 Å². The third kappa shape index (κ3) is 18.9. The zero-order valence-corrected chi connectivity index (χ0v) is 35.3. The fraction of sp³-hybridized carbons (Fsp3) is 0.532. The van der Waals surface area contributed by atoms with Crippen molar-refractivity contribution < 1.29 is 13.5 Å². The van der Waals surface area contributed by atoms with E-state index >= 15 is 0 Å². The minimum Gasteiger partial charge on any atom is -0.384 e. The van der Waals surface area contributed by atoms with Crippen molar-refractivity contribution in [3.8, 4) is 0 Å². The van der Waals surface area contributed by atoms with Crippen molar-refractivity contribution >= 4 is 9.84 Å². The molecule has 0 bridgehead atoms.